The third kappa shape index (κ3) is 5.74. The van der Waals surface area contributed by atoms with E-state index < -0.39 is 41.7 Å². The van der Waals surface area contributed by atoms with Crippen LogP contribution < -0.4 is 14.2 Å². The second kappa shape index (κ2) is 8.92. The summed E-state index contributed by atoms with van der Waals surface area (Å²) in [6.07, 6.45) is -2.31. The summed E-state index contributed by atoms with van der Waals surface area (Å²) in [7, 11) is 0. The summed E-state index contributed by atoms with van der Waals surface area (Å²) >= 11 is 0. The Balaban J connectivity index is 1.99. The molecule has 148 valence electrons. The molecule has 0 heterocycles. The van der Waals surface area contributed by atoms with Crippen LogP contribution in [0.25, 0.3) is 0 Å². The Hall–Kier alpha value is -2.51. The number of benzene rings is 2. The maximum atomic E-state index is 13.9. The van der Waals surface area contributed by atoms with Gasteiger partial charge in [0.25, 0.3) is 0 Å². The van der Waals surface area contributed by atoms with E-state index in [1.54, 1.807) is 0 Å². The summed E-state index contributed by atoms with van der Waals surface area (Å²) in [4.78, 5) is 0. The summed E-state index contributed by atoms with van der Waals surface area (Å²) in [5.41, 5.74) is 0.0135. The summed E-state index contributed by atoms with van der Waals surface area (Å²) in [6.45, 7) is 2.18. The van der Waals surface area contributed by atoms with Crippen LogP contribution in [0, 0.1) is 24.4 Å². The first-order valence-electron chi connectivity index (χ1n) is 8.30. The lowest BCUT2D eigenvalue weighted by atomic mass is 10.2. The highest BCUT2D eigenvalue weighted by Gasteiger charge is 2.34. The van der Waals surface area contributed by atoms with E-state index in [4.69, 9.17) is 4.74 Å². The smallest absolute Gasteiger partial charge is 0.433 e. The molecule has 0 unspecified atom stereocenters. The molecule has 0 saturated carbocycles. The molecule has 0 aliphatic carbocycles. The van der Waals surface area contributed by atoms with Crippen LogP contribution in [0.2, 0.25) is 0 Å². The van der Waals surface area contributed by atoms with Crippen molar-refractivity contribution in [3.63, 3.8) is 0 Å². The van der Waals surface area contributed by atoms with E-state index in [2.05, 4.69) is 9.47 Å². The van der Waals surface area contributed by atoms with E-state index >= 15 is 0 Å². The van der Waals surface area contributed by atoms with Crippen LogP contribution in [0.1, 0.15) is 25.3 Å². The van der Waals surface area contributed by atoms with Gasteiger partial charge in [0.15, 0.2) is 29.7 Å². The zero-order valence-electron chi connectivity index (χ0n) is 14.8. The average molecular weight is 390 g/mol. The van der Waals surface area contributed by atoms with Crippen LogP contribution in [0.5, 0.6) is 17.2 Å². The fourth-order valence-electron chi connectivity index (χ4n) is 2.09. The predicted molar refractivity (Wildman–Crippen MR) is 89.0 cm³/mol. The average Bonchev–Trinajstić information content (AvgIpc) is 2.61. The first-order valence-corrected chi connectivity index (χ1v) is 8.30. The van der Waals surface area contributed by atoms with Crippen LogP contribution in [0.15, 0.2) is 30.3 Å². The molecule has 2 rings (SSSR count). The Morgan fingerprint density at radius 2 is 1.63 bits per heavy atom. The second-order valence-corrected chi connectivity index (χ2v) is 5.83. The van der Waals surface area contributed by atoms with E-state index in [0.29, 0.717) is 6.61 Å². The Bertz CT molecular complexity index is 780. The van der Waals surface area contributed by atoms with E-state index in [-0.39, 0.29) is 11.3 Å². The maximum absolute atomic E-state index is 13.9. The number of alkyl halides is 2. The Kier molecular flexibility index (Phi) is 6.87. The van der Waals surface area contributed by atoms with Gasteiger partial charge >= 0.3 is 6.11 Å². The zero-order valence-corrected chi connectivity index (χ0v) is 14.8. The van der Waals surface area contributed by atoms with Crippen LogP contribution in [0.3, 0.4) is 0 Å². The standard InChI is InChI=1S/C19H19F5O3/c1-3-4-9-25-15-8-6-13(10-14(15)20)27-19(23,24)11-26-16-7-5-12(2)17(21)18(16)22/h5-8,10H,3-4,9,11H2,1-2H3. The topological polar surface area (TPSA) is 27.7 Å². The predicted octanol–water partition coefficient (Wildman–Crippen LogP) is 5.64. The van der Waals surface area contributed by atoms with Crippen molar-refractivity contribution in [1.82, 2.24) is 0 Å². The SMILES string of the molecule is CCCCOc1ccc(OC(F)(F)COc2ccc(C)c(F)c2F)cc1F. The van der Waals surface area contributed by atoms with Crippen molar-refractivity contribution in [2.24, 2.45) is 0 Å². The number of halogens is 5. The lowest BCUT2D eigenvalue weighted by Gasteiger charge is -2.19. The largest absolute Gasteiger partial charge is 0.491 e. The van der Waals surface area contributed by atoms with Crippen LogP contribution >= 0.6 is 0 Å². The molecule has 0 amide bonds. The minimum atomic E-state index is -3.90. The van der Waals surface area contributed by atoms with E-state index in [0.717, 1.165) is 31.0 Å². The monoisotopic (exact) mass is 390 g/mol. The third-order valence-electron chi connectivity index (χ3n) is 3.56. The number of hydrogen-bond donors (Lipinski definition) is 0. The summed E-state index contributed by atoms with van der Waals surface area (Å²) in [5.74, 6) is -4.62. The van der Waals surface area contributed by atoms with Crippen molar-refractivity contribution < 1.29 is 36.2 Å². The van der Waals surface area contributed by atoms with Gasteiger partial charge in [-0.15, -0.1) is 0 Å². The highest BCUT2D eigenvalue weighted by molar-refractivity contribution is 5.33. The highest BCUT2D eigenvalue weighted by atomic mass is 19.3. The van der Waals surface area contributed by atoms with Crippen molar-refractivity contribution in [1.29, 1.82) is 0 Å². The third-order valence-corrected chi connectivity index (χ3v) is 3.56. The molecule has 3 nitrogen and oxygen atoms in total. The Labute approximate surface area is 153 Å². The molecular weight excluding hydrogens is 371 g/mol. The molecule has 2 aromatic carbocycles. The van der Waals surface area contributed by atoms with E-state index in [9.17, 15) is 22.0 Å². The van der Waals surface area contributed by atoms with Gasteiger partial charge in [-0.25, -0.2) is 8.78 Å². The molecule has 0 fully saturated rings. The van der Waals surface area contributed by atoms with Crippen molar-refractivity contribution in [2.45, 2.75) is 32.8 Å². The lowest BCUT2D eigenvalue weighted by molar-refractivity contribution is -0.195. The van der Waals surface area contributed by atoms with Gasteiger partial charge in [0.2, 0.25) is 5.82 Å². The first-order chi connectivity index (χ1) is 12.7. The quantitative estimate of drug-likeness (QED) is 0.410. The number of unbranched alkanes of at least 4 members (excludes halogenated alkanes) is 1. The van der Waals surface area contributed by atoms with Gasteiger partial charge in [-0.3, -0.25) is 0 Å². The molecule has 0 saturated heterocycles. The summed E-state index contributed by atoms with van der Waals surface area (Å²) < 4.78 is 82.9. The summed E-state index contributed by atoms with van der Waals surface area (Å²) in [5, 5.41) is 0. The van der Waals surface area contributed by atoms with Gasteiger partial charge in [0.1, 0.15) is 5.75 Å². The summed E-state index contributed by atoms with van der Waals surface area (Å²) in [6, 6.07) is 5.27. The van der Waals surface area contributed by atoms with E-state index in [1.165, 1.54) is 19.1 Å². The maximum Gasteiger partial charge on any atom is 0.433 e. The van der Waals surface area contributed by atoms with E-state index in [1.807, 2.05) is 6.92 Å². The molecular formula is C19H19F5O3. The first kappa shape index (κ1) is 20.8. The number of aryl methyl sites for hydroxylation is 1. The van der Waals surface area contributed by atoms with Crippen LogP contribution in [0.4, 0.5) is 22.0 Å². The molecule has 2 aromatic rings. The van der Waals surface area contributed by atoms with Crippen LogP contribution in [-0.2, 0) is 0 Å². The van der Waals surface area contributed by atoms with Gasteiger partial charge < -0.3 is 14.2 Å². The molecule has 0 atom stereocenters. The Morgan fingerprint density at radius 3 is 2.30 bits per heavy atom. The molecule has 0 spiro atoms. The molecule has 8 heteroatoms. The minimum absolute atomic E-state index is 0.0135. The highest BCUT2D eigenvalue weighted by Crippen LogP contribution is 2.29. The minimum Gasteiger partial charge on any atom is -0.491 e. The van der Waals surface area contributed by atoms with Crippen molar-refractivity contribution in [3.05, 3.63) is 53.3 Å². The molecule has 27 heavy (non-hydrogen) atoms. The van der Waals surface area contributed by atoms with Gasteiger partial charge in [-0.1, -0.05) is 19.4 Å². The van der Waals surface area contributed by atoms with Crippen molar-refractivity contribution in [3.8, 4) is 17.2 Å². The molecule has 0 aromatic heterocycles. The number of rotatable bonds is 9. The van der Waals surface area contributed by atoms with Gasteiger partial charge in [0.05, 0.1) is 6.61 Å². The van der Waals surface area contributed by atoms with Crippen molar-refractivity contribution in [2.75, 3.05) is 13.2 Å². The second-order valence-electron chi connectivity index (χ2n) is 5.83. The molecule has 0 radical (unpaired) electrons. The number of ether oxygens (including phenoxy) is 3. The molecule has 0 bridgehead atoms. The van der Waals surface area contributed by atoms with Gasteiger partial charge in [-0.2, -0.15) is 13.2 Å². The Morgan fingerprint density at radius 1 is 0.926 bits per heavy atom. The molecule has 0 aliphatic heterocycles. The van der Waals surface area contributed by atoms with Gasteiger partial charge in [-0.05, 0) is 37.1 Å². The zero-order chi connectivity index (χ0) is 20.0. The molecule has 0 N–H and O–H groups in total. The normalized spacial score (nSPS) is 11.4. The fourth-order valence-corrected chi connectivity index (χ4v) is 2.09. The fraction of sp³-hybridized carbons (Fsp3) is 0.368. The molecule has 0 aliphatic rings. The lowest BCUT2D eigenvalue weighted by Crippen LogP contribution is -2.32. The van der Waals surface area contributed by atoms with Crippen molar-refractivity contribution >= 4 is 0 Å². The van der Waals surface area contributed by atoms with Gasteiger partial charge in [0, 0.05) is 6.07 Å². The number of hydrogen-bond acceptors (Lipinski definition) is 3. The van der Waals surface area contributed by atoms with Crippen LogP contribution in [-0.4, -0.2) is 19.3 Å².